The fourth-order valence-corrected chi connectivity index (χ4v) is 6.85. The second kappa shape index (κ2) is 11.4. The maximum absolute atomic E-state index is 12.8. The van der Waals surface area contributed by atoms with Crippen molar-refractivity contribution in [2.45, 2.75) is 86.0 Å². The zero-order chi connectivity index (χ0) is 32.3. The Morgan fingerprint density at radius 2 is 1.76 bits per heavy atom. The molecule has 2 aliphatic heterocycles. The van der Waals surface area contributed by atoms with Crippen LogP contribution in [-0.2, 0) is 29.5 Å². The zero-order valence-electron chi connectivity index (χ0n) is 27.8. The van der Waals surface area contributed by atoms with E-state index in [-0.39, 0.29) is 5.41 Å². The van der Waals surface area contributed by atoms with E-state index < -0.39 is 17.7 Å². The molecule has 45 heavy (non-hydrogen) atoms. The topological polar surface area (TPSA) is 110 Å². The van der Waals surface area contributed by atoms with Gasteiger partial charge < -0.3 is 19.6 Å². The molecule has 1 saturated heterocycles. The van der Waals surface area contributed by atoms with Gasteiger partial charge in [-0.15, -0.1) is 0 Å². The first-order valence-electron chi connectivity index (χ1n) is 15.9. The third kappa shape index (κ3) is 6.00. The third-order valence-electron chi connectivity index (χ3n) is 9.29. The summed E-state index contributed by atoms with van der Waals surface area (Å²) in [5.74, 6) is -0.0962. The third-order valence-corrected chi connectivity index (χ3v) is 9.29. The number of carboxylic acid groups (broad SMARTS) is 1. The number of rotatable bonds is 6. The molecule has 6 rings (SSSR count). The normalized spacial score (nSPS) is 17.4. The number of aromatic nitrogens is 5. The second-order valence-corrected chi connectivity index (χ2v) is 14.4. The van der Waals surface area contributed by atoms with Gasteiger partial charge in [-0.2, -0.15) is 5.10 Å². The minimum Gasteiger partial charge on any atom is -0.479 e. The lowest BCUT2D eigenvalue weighted by Crippen LogP contribution is -2.39. The van der Waals surface area contributed by atoms with Crippen molar-refractivity contribution in [2.24, 2.45) is 12.5 Å². The van der Waals surface area contributed by atoms with Crippen molar-refractivity contribution in [2.75, 3.05) is 29.4 Å². The Bertz CT molecular complexity index is 1760. The summed E-state index contributed by atoms with van der Waals surface area (Å²) < 4.78 is 8.03. The number of pyridine rings is 1. The molecule has 238 valence electrons. The van der Waals surface area contributed by atoms with Crippen molar-refractivity contribution in [1.29, 1.82) is 0 Å². The van der Waals surface area contributed by atoms with Gasteiger partial charge >= 0.3 is 5.97 Å². The molecule has 5 heterocycles. The molecule has 0 amide bonds. The van der Waals surface area contributed by atoms with E-state index in [9.17, 15) is 9.90 Å². The molecule has 0 spiro atoms. The van der Waals surface area contributed by atoms with Gasteiger partial charge in [-0.25, -0.2) is 14.8 Å². The van der Waals surface area contributed by atoms with E-state index in [0.29, 0.717) is 11.3 Å². The smallest absolute Gasteiger partial charge is 0.337 e. The number of piperidine rings is 1. The Labute approximate surface area is 265 Å². The highest BCUT2D eigenvalue weighted by molar-refractivity contribution is 5.89. The summed E-state index contributed by atoms with van der Waals surface area (Å²) >= 11 is 0. The predicted molar refractivity (Wildman–Crippen MR) is 177 cm³/mol. The Morgan fingerprint density at radius 3 is 2.44 bits per heavy atom. The first kappa shape index (κ1) is 31.0. The van der Waals surface area contributed by atoms with Gasteiger partial charge in [-0.05, 0) is 76.0 Å². The van der Waals surface area contributed by atoms with Crippen LogP contribution in [0.1, 0.15) is 81.6 Å². The fourth-order valence-electron chi connectivity index (χ4n) is 6.85. The van der Waals surface area contributed by atoms with Gasteiger partial charge in [-0.1, -0.05) is 32.0 Å². The number of ether oxygens (including phenoxy) is 1. The second-order valence-electron chi connectivity index (χ2n) is 14.4. The van der Waals surface area contributed by atoms with Crippen LogP contribution in [-0.4, -0.2) is 61.0 Å². The zero-order valence-corrected chi connectivity index (χ0v) is 27.8. The predicted octanol–water partition coefficient (Wildman–Crippen LogP) is 6.17. The SMILES string of the molecule is Cc1nc(C)c(C(OC(C)(C)C)C(=O)O)c(N2CCC(C)(C)CC2)c1-c1ccc2c(c1)CCN(c1ncnc3c1cnn3C)C2. The number of carboxylic acids is 1. The molecule has 10 heteroatoms. The van der Waals surface area contributed by atoms with Gasteiger partial charge in [0, 0.05) is 55.7 Å². The molecule has 1 fully saturated rings. The highest BCUT2D eigenvalue weighted by Gasteiger charge is 2.36. The Kier molecular flexibility index (Phi) is 7.83. The van der Waals surface area contributed by atoms with Gasteiger partial charge in [-0.3, -0.25) is 9.67 Å². The summed E-state index contributed by atoms with van der Waals surface area (Å²) in [4.78, 5) is 31.5. The van der Waals surface area contributed by atoms with Crippen molar-refractivity contribution in [3.05, 3.63) is 58.8 Å². The van der Waals surface area contributed by atoms with Crippen molar-refractivity contribution in [1.82, 2.24) is 24.7 Å². The van der Waals surface area contributed by atoms with E-state index in [2.05, 4.69) is 56.9 Å². The van der Waals surface area contributed by atoms with Gasteiger partial charge in [0.05, 0.1) is 22.9 Å². The van der Waals surface area contributed by atoms with Crippen LogP contribution in [0.3, 0.4) is 0 Å². The summed E-state index contributed by atoms with van der Waals surface area (Å²) in [5, 5.41) is 15.8. The first-order valence-corrected chi connectivity index (χ1v) is 15.9. The lowest BCUT2D eigenvalue weighted by atomic mass is 9.81. The van der Waals surface area contributed by atoms with E-state index in [1.54, 1.807) is 11.0 Å². The standard InChI is InChI=1S/C35H45N7O3/c1-21-27(24-9-10-25-19-42(14-11-23(25)17-24)32-26-18-38-40(8)31(26)36-20-37-32)29(41-15-12-35(6,7)13-16-41)28(22(2)39-21)30(33(43)44)45-34(3,4)5/h9-10,17-18,20,30H,11-16,19H2,1-8H3,(H,43,44). The largest absolute Gasteiger partial charge is 0.479 e. The molecule has 1 aromatic carbocycles. The van der Waals surface area contributed by atoms with Crippen LogP contribution < -0.4 is 9.80 Å². The summed E-state index contributed by atoms with van der Waals surface area (Å²) in [6, 6.07) is 6.66. The van der Waals surface area contributed by atoms with E-state index >= 15 is 0 Å². The van der Waals surface area contributed by atoms with Crippen LogP contribution in [0.4, 0.5) is 11.5 Å². The molecular weight excluding hydrogens is 566 g/mol. The van der Waals surface area contributed by atoms with Crippen LogP contribution >= 0.6 is 0 Å². The summed E-state index contributed by atoms with van der Waals surface area (Å²) in [7, 11) is 1.90. The minimum atomic E-state index is -1.13. The highest BCUT2D eigenvalue weighted by Crippen LogP contribution is 2.45. The van der Waals surface area contributed by atoms with Crippen LogP contribution in [0, 0.1) is 19.3 Å². The summed E-state index contributed by atoms with van der Waals surface area (Å²) in [6.45, 7) is 17.5. The molecule has 1 unspecified atom stereocenters. The van der Waals surface area contributed by atoms with Crippen LogP contribution in [0.15, 0.2) is 30.7 Å². The molecule has 0 bridgehead atoms. The first-order chi connectivity index (χ1) is 21.2. The van der Waals surface area contributed by atoms with Crippen LogP contribution in [0.25, 0.3) is 22.2 Å². The fraction of sp³-hybridized carbons (Fsp3) is 0.514. The monoisotopic (exact) mass is 611 g/mol. The lowest BCUT2D eigenvalue weighted by molar-refractivity contribution is -0.160. The number of anilines is 2. The number of nitrogens with zero attached hydrogens (tertiary/aromatic N) is 7. The molecule has 10 nitrogen and oxygen atoms in total. The quantitative estimate of drug-likeness (QED) is 0.274. The number of aliphatic carboxylic acids is 1. The van der Waals surface area contributed by atoms with Crippen molar-refractivity contribution < 1.29 is 14.6 Å². The van der Waals surface area contributed by atoms with Crippen LogP contribution in [0.5, 0.6) is 0 Å². The Morgan fingerprint density at radius 1 is 1.02 bits per heavy atom. The summed E-state index contributed by atoms with van der Waals surface area (Å²) in [5.41, 5.74) is 8.21. The van der Waals surface area contributed by atoms with Gasteiger partial charge in [0.15, 0.2) is 11.8 Å². The maximum Gasteiger partial charge on any atom is 0.337 e. The van der Waals surface area contributed by atoms with E-state index in [1.165, 1.54) is 11.1 Å². The van der Waals surface area contributed by atoms with E-state index in [0.717, 1.165) is 84.8 Å². The van der Waals surface area contributed by atoms with E-state index in [4.69, 9.17) is 9.72 Å². The van der Waals surface area contributed by atoms with Gasteiger partial charge in [0.1, 0.15) is 12.1 Å². The molecular formula is C35H45N7O3. The van der Waals surface area contributed by atoms with Crippen molar-refractivity contribution in [3.63, 3.8) is 0 Å². The number of carbonyl (C=O) groups is 1. The molecule has 4 aromatic rings. The van der Waals surface area contributed by atoms with Crippen LogP contribution in [0.2, 0.25) is 0 Å². The lowest BCUT2D eigenvalue weighted by Gasteiger charge is -2.41. The average molecular weight is 612 g/mol. The molecule has 0 saturated carbocycles. The number of aryl methyl sites for hydroxylation is 3. The molecule has 1 N–H and O–H groups in total. The minimum absolute atomic E-state index is 0.241. The summed E-state index contributed by atoms with van der Waals surface area (Å²) in [6.07, 6.45) is 5.22. The highest BCUT2D eigenvalue weighted by atomic mass is 16.5. The van der Waals surface area contributed by atoms with E-state index in [1.807, 2.05) is 47.9 Å². The number of hydrogen-bond acceptors (Lipinski definition) is 8. The van der Waals surface area contributed by atoms with Gasteiger partial charge in [0.2, 0.25) is 0 Å². The molecule has 0 aliphatic carbocycles. The molecule has 2 aliphatic rings. The van der Waals surface area contributed by atoms with Gasteiger partial charge in [0.25, 0.3) is 0 Å². The number of fused-ring (bicyclic) bond motifs is 2. The average Bonchev–Trinajstić information content (AvgIpc) is 3.35. The number of benzene rings is 1. The van der Waals surface area contributed by atoms with Crippen molar-refractivity contribution in [3.8, 4) is 11.1 Å². The molecule has 1 atom stereocenters. The number of hydrogen-bond donors (Lipinski definition) is 1. The Hall–Kier alpha value is -4.05. The molecule has 3 aromatic heterocycles. The van der Waals surface area contributed by atoms with Crippen molar-refractivity contribution >= 4 is 28.5 Å². The maximum atomic E-state index is 12.8. The molecule has 0 radical (unpaired) electrons. The Balaban J connectivity index is 1.44.